The molecule has 0 saturated carbocycles. The number of aromatic amines is 1. The van der Waals surface area contributed by atoms with Crippen LogP contribution < -0.4 is 0 Å². The normalized spacial score (nSPS) is 20.3. The first kappa shape index (κ1) is 11.7. The lowest BCUT2D eigenvalue weighted by Gasteiger charge is -2.33. The molecule has 3 nitrogen and oxygen atoms in total. The molecule has 1 unspecified atom stereocenters. The number of thioether (sulfide) groups is 1. The maximum atomic E-state index is 12.6. The molecule has 0 aliphatic carbocycles. The highest BCUT2D eigenvalue weighted by molar-refractivity contribution is 7.99. The second kappa shape index (κ2) is 4.69. The summed E-state index contributed by atoms with van der Waals surface area (Å²) >= 11 is 1.92. The Morgan fingerprint density at radius 1 is 1.44 bits per heavy atom. The zero-order chi connectivity index (χ0) is 12.5. The Hall–Kier alpha value is -1.42. The van der Waals surface area contributed by atoms with Crippen LogP contribution >= 0.6 is 11.8 Å². The van der Waals surface area contributed by atoms with Gasteiger partial charge in [0.15, 0.2) is 0 Å². The van der Waals surface area contributed by atoms with E-state index in [4.69, 9.17) is 0 Å². The van der Waals surface area contributed by atoms with Gasteiger partial charge in [-0.25, -0.2) is 0 Å². The van der Waals surface area contributed by atoms with E-state index in [9.17, 15) is 4.79 Å². The average molecular weight is 260 g/mol. The first-order chi connectivity index (χ1) is 8.77. The van der Waals surface area contributed by atoms with Gasteiger partial charge >= 0.3 is 0 Å². The topological polar surface area (TPSA) is 36.1 Å². The minimum absolute atomic E-state index is 0.160. The lowest BCUT2D eigenvalue weighted by molar-refractivity contribution is 0.0718. The van der Waals surface area contributed by atoms with Crippen LogP contribution in [0.25, 0.3) is 10.9 Å². The van der Waals surface area contributed by atoms with Crippen LogP contribution in [0.4, 0.5) is 0 Å². The largest absolute Gasteiger partial charge is 0.361 e. The van der Waals surface area contributed by atoms with E-state index in [-0.39, 0.29) is 5.91 Å². The van der Waals surface area contributed by atoms with Crippen molar-refractivity contribution in [2.75, 3.05) is 18.1 Å². The van der Waals surface area contributed by atoms with E-state index in [0.29, 0.717) is 6.04 Å². The van der Waals surface area contributed by atoms with Gasteiger partial charge in [0, 0.05) is 46.8 Å². The molecule has 1 atom stereocenters. The number of aromatic nitrogens is 1. The van der Waals surface area contributed by atoms with Gasteiger partial charge < -0.3 is 9.88 Å². The summed E-state index contributed by atoms with van der Waals surface area (Å²) in [4.78, 5) is 17.8. The zero-order valence-corrected chi connectivity index (χ0v) is 11.2. The van der Waals surface area contributed by atoms with Crippen LogP contribution in [0.2, 0.25) is 0 Å². The van der Waals surface area contributed by atoms with Crippen molar-refractivity contribution in [3.8, 4) is 0 Å². The number of nitrogens with one attached hydrogen (secondary N) is 1. The fraction of sp³-hybridized carbons (Fsp3) is 0.357. The number of carbonyl (C=O) groups is 1. The summed E-state index contributed by atoms with van der Waals surface area (Å²) in [7, 11) is 0. The molecule has 1 aliphatic rings. The van der Waals surface area contributed by atoms with Gasteiger partial charge in [0.2, 0.25) is 0 Å². The third kappa shape index (κ3) is 1.90. The van der Waals surface area contributed by atoms with Crippen LogP contribution in [-0.2, 0) is 0 Å². The summed E-state index contributed by atoms with van der Waals surface area (Å²) in [6.45, 7) is 2.98. The minimum Gasteiger partial charge on any atom is -0.361 e. The molecule has 2 aromatic rings. The van der Waals surface area contributed by atoms with Crippen LogP contribution in [0.3, 0.4) is 0 Å². The molecule has 1 saturated heterocycles. The van der Waals surface area contributed by atoms with Gasteiger partial charge in [-0.2, -0.15) is 11.8 Å². The Bertz CT molecular complexity index is 578. The Labute approximate surface area is 111 Å². The molecule has 3 rings (SSSR count). The van der Waals surface area contributed by atoms with Crippen LogP contribution in [0.15, 0.2) is 30.5 Å². The maximum absolute atomic E-state index is 12.6. The molecule has 0 spiro atoms. The number of rotatable bonds is 1. The molecule has 1 aromatic heterocycles. The highest BCUT2D eigenvalue weighted by atomic mass is 32.2. The molecule has 94 valence electrons. The van der Waals surface area contributed by atoms with Crippen LogP contribution in [-0.4, -0.2) is 39.9 Å². The summed E-state index contributed by atoms with van der Waals surface area (Å²) in [5.41, 5.74) is 1.84. The van der Waals surface area contributed by atoms with Crippen molar-refractivity contribution >= 4 is 28.6 Å². The van der Waals surface area contributed by atoms with E-state index in [1.807, 2.05) is 47.1 Å². The van der Waals surface area contributed by atoms with Crippen LogP contribution in [0.5, 0.6) is 0 Å². The lowest BCUT2D eigenvalue weighted by atomic mass is 10.1. The predicted molar refractivity (Wildman–Crippen MR) is 76.1 cm³/mol. The van der Waals surface area contributed by atoms with E-state index in [1.54, 1.807) is 0 Å². The fourth-order valence-electron chi connectivity index (χ4n) is 2.46. The van der Waals surface area contributed by atoms with Crippen LogP contribution in [0.1, 0.15) is 17.3 Å². The number of fused-ring (bicyclic) bond motifs is 1. The van der Waals surface area contributed by atoms with Crippen molar-refractivity contribution in [3.63, 3.8) is 0 Å². The first-order valence-electron chi connectivity index (χ1n) is 6.22. The van der Waals surface area contributed by atoms with Gasteiger partial charge in [0.1, 0.15) is 0 Å². The fourth-order valence-corrected chi connectivity index (χ4v) is 3.47. The highest BCUT2D eigenvalue weighted by Gasteiger charge is 2.25. The van der Waals surface area contributed by atoms with E-state index < -0.39 is 0 Å². The summed E-state index contributed by atoms with van der Waals surface area (Å²) in [6.07, 6.45) is 1.89. The zero-order valence-electron chi connectivity index (χ0n) is 10.3. The van der Waals surface area contributed by atoms with Crippen molar-refractivity contribution in [1.82, 2.24) is 9.88 Å². The summed E-state index contributed by atoms with van der Waals surface area (Å²) < 4.78 is 0. The van der Waals surface area contributed by atoms with Crippen LogP contribution in [0, 0.1) is 0 Å². The second-order valence-corrected chi connectivity index (χ2v) is 5.82. The number of H-pyrrole nitrogens is 1. The third-order valence-electron chi connectivity index (χ3n) is 3.45. The predicted octanol–water partition coefficient (Wildman–Crippen LogP) is 2.75. The third-order valence-corrected chi connectivity index (χ3v) is 4.64. The Morgan fingerprint density at radius 2 is 2.33 bits per heavy atom. The quantitative estimate of drug-likeness (QED) is 0.856. The molecule has 1 aliphatic heterocycles. The SMILES string of the molecule is CC1CSCCN1C(=O)c1cccc2[nH]ccc12. The Morgan fingerprint density at radius 3 is 3.17 bits per heavy atom. The molecule has 4 heteroatoms. The molecule has 1 N–H and O–H groups in total. The van der Waals surface area contributed by atoms with Crippen molar-refractivity contribution in [2.45, 2.75) is 13.0 Å². The van der Waals surface area contributed by atoms with Gasteiger partial charge in [-0.05, 0) is 25.1 Å². The molecule has 0 radical (unpaired) electrons. The monoisotopic (exact) mass is 260 g/mol. The molecule has 1 fully saturated rings. The first-order valence-corrected chi connectivity index (χ1v) is 7.37. The molecule has 1 aromatic carbocycles. The number of hydrogen-bond acceptors (Lipinski definition) is 2. The molecule has 1 amide bonds. The van der Waals surface area contributed by atoms with Gasteiger partial charge in [0.25, 0.3) is 5.91 Å². The molecule has 2 heterocycles. The number of carbonyl (C=O) groups excluding carboxylic acids is 1. The molecular weight excluding hydrogens is 244 g/mol. The Kier molecular flexibility index (Phi) is 3.04. The van der Waals surface area contributed by atoms with Crippen molar-refractivity contribution in [2.24, 2.45) is 0 Å². The number of amides is 1. The summed E-state index contributed by atoms with van der Waals surface area (Å²) in [5, 5.41) is 1.02. The van der Waals surface area contributed by atoms with Crippen molar-refractivity contribution < 1.29 is 4.79 Å². The summed E-state index contributed by atoms with van der Waals surface area (Å²) in [5.74, 6) is 2.24. The molecule has 18 heavy (non-hydrogen) atoms. The molecule has 0 bridgehead atoms. The van der Waals surface area contributed by atoms with Gasteiger partial charge in [-0.15, -0.1) is 0 Å². The summed E-state index contributed by atoms with van der Waals surface area (Å²) in [6, 6.07) is 8.17. The van der Waals surface area contributed by atoms with E-state index in [2.05, 4.69) is 11.9 Å². The van der Waals surface area contributed by atoms with Crippen molar-refractivity contribution in [3.05, 3.63) is 36.0 Å². The van der Waals surface area contributed by atoms with Gasteiger partial charge in [-0.3, -0.25) is 4.79 Å². The van der Waals surface area contributed by atoms with E-state index >= 15 is 0 Å². The van der Waals surface area contributed by atoms with E-state index in [1.165, 1.54) is 0 Å². The van der Waals surface area contributed by atoms with Gasteiger partial charge in [-0.1, -0.05) is 6.07 Å². The Balaban J connectivity index is 1.98. The van der Waals surface area contributed by atoms with Gasteiger partial charge in [0.05, 0.1) is 0 Å². The highest BCUT2D eigenvalue weighted by Crippen LogP contribution is 2.23. The average Bonchev–Trinajstić information content (AvgIpc) is 2.86. The second-order valence-electron chi connectivity index (χ2n) is 4.67. The lowest BCUT2D eigenvalue weighted by Crippen LogP contribution is -2.44. The maximum Gasteiger partial charge on any atom is 0.254 e. The minimum atomic E-state index is 0.160. The number of nitrogens with zero attached hydrogens (tertiary/aromatic N) is 1. The van der Waals surface area contributed by atoms with E-state index in [0.717, 1.165) is 34.5 Å². The smallest absolute Gasteiger partial charge is 0.254 e. The number of hydrogen-bond donors (Lipinski definition) is 1. The van der Waals surface area contributed by atoms with Crippen molar-refractivity contribution in [1.29, 1.82) is 0 Å². The number of benzene rings is 1. The standard InChI is InChI=1S/C14H16N2OS/c1-10-9-18-8-7-16(10)14(17)12-3-2-4-13-11(12)5-6-15-13/h2-6,10,15H,7-9H2,1H3. The molecular formula is C14H16N2OS.